The number of aromatic nitrogens is 1. The smallest absolute Gasteiger partial charge is 0.0705 e. The van der Waals surface area contributed by atoms with Crippen LogP contribution in [0.1, 0.15) is 5.69 Å². The van der Waals surface area contributed by atoms with E-state index in [1.54, 1.807) is 0 Å². The molecule has 70 valence electrons. The summed E-state index contributed by atoms with van der Waals surface area (Å²) in [6.45, 7) is 2.01. The molecule has 2 aromatic rings. The molecule has 0 saturated heterocycles. The van der Waals surface area contributed by atoms with Crippen molar-refractivity contribution in [2.75, 3.05) is 0 Å². The fourth-order valence-electron chi connectivity index (χ4n) is 1.17. The summed E-state index contributed by atoms with van der Waals surface area (Å²) in [4.78, 5) is 4.38. The van der Waals surface area contributed by atoms with E-state index in [1.165, 1.54) is 5.39 Å². The number of rotatable bonds is 0. The molecule has 1 nitrogen and oxygen atoms in total. The first-order valence-electron chi connectivity index (χ1n) is 3.69. The molecule has 0 aliphatic heterocycles. The van der Waals surface area contributed by atoms with Crippen molar-refractivity contribution in [2.45, 2.75) is 6.92 Å². The monoisotopic (exact) mass is 399 g/mol. The van der Waals surface area contributed by atoms with Gasteiger partial charge in [-0.2, -0.15) is 0 Å². The van der Waals surface area contributed by atoms with Crippen LogP contribution in [0.2, 0.25) is 0 Å². The fourth-order valence-corrected chi connectivity index (χ4v) is 1.17. The van der Waals surface area contributed by atoms with Gasteiger partial charge in [0.05, 0.1) is 5.52 Å². The van der Waals surface area contributed by atoms with E-state index in [1.807, 2.05) is 31.2 Å². The predicted octanol–water partition coefficient (Wildman–Crippen LogP) is 3.78. The van der Waals surface area contributed by atoms with E-state index in [2.05, 4.69) is 17.1 Å². The lowest BCUT2D eigenvalue weighted by Gasteiger charge is -1.95. The van der Waals surface area contributed by atoms with Gasteiger partial charge in [-0.1, -0.05) is 24.3 Å². The SMILES string of the molecule is Cc1ccc2ccccc2n1.I.I. The van der Waals surface area contributed by atoms with Crippen LogP contribution in [0.5, 0.6) is 0 Å². The second-order valence-corrected chi connectivity index (χ2v) is 2.65. The van der Waals surface area contributed by atoms with Crippen LogP contribution in [-0.2, 0) is 0 Å². The van der Waals surface area contributed by atoms with Gasteiger partial charge in [-0.05, 0) is 19.1 Å². The maximum absolute atomic E-state index is 4.38. The van der Waals surface area contributed by atoms with Crippen molar-refractivity contribution in [2.24, 2.45) is 0 Å². The summed E-state index contributed by atoms with van der Waals surface area (Å²) in [7, 11) is 0. The first-order chi connectivity index (χ1) is 5.36. The van der Waals surface area contributed by atoms with Gasteiger partial charge in [-0.3, -0.25) is 4.98 Å². The minimum atomic E-state index is 0. The van der Waals surface area contributed by atoms with Crippen LogP contribution in [0.15, 0.2) is 36.4 Å². The third kappa shape index (κ3) is 3.05. The fraction of sp³-hybridized carbons (Fsp3) is 0.100. The number of fused-ring (bicyclic) bond motifs is 1. The van der Waals surface area contributed by atoms with Gasteiger partial charge >= 0.3 is 0 Å². The zero-order valence-corrected chi connectivity index (χ0v) is 11.9. The Balaban J connectivity index is 0.000000720. The van der Waals surface area contributed by atoms with Crippen LogP contribution in [-0.4, -0.2) is 4.98 Å². The van der Waals surface area contributed by atoms with Gasteiger partial charge in [0.1, 0.15) is 0 Å². The van der Waals surface area contributed by atoms with Gasteiger partial charge in [0.2, 0.25) is 0 Å². The summed E-state index contributed by atoms with van der Waals surface area (Å²) in [6.07, 6.45) is 0. The quantitative estimate of drug-likeness (QED) is 0.615. The molecule has 0 fully saturated rings. The molecule has 1 heterocycles. The molecule has 3 heteroatoms. The van der Waals surface area contributed by atoms with Crippen molar-refractivity contribution in [3.8, 4) is 0 Å². The highest BCUT2D eigenvalue weighted by atomic mass is 127. The first kappa shape index (κ1) is 13.1. The molecule has 0 spiro atoms. The van der Waals surface area contributed by atoms with Crippen molar-refractivity contribution in [1.29, 1.82) is 0 Å². The van der Waals surface area contributed by atoms with Gasteiger partial charge in [0, 0.05) is 11.1 Å². The van der Waals surface area contributed by atoms with E-state index in [-0.39, 0.29) is 48.0 Å². The Labute approximate surface area is 112 Å². The van der Waals surface area contributed by atoms with E-state index in [4.69, 9.17) is 0 Å². The number of pyridine rings is 1. The van der Waals surface area contributed by atoms with Crippen LogP contribution in [0.4, 0.5) is 0 Å². The number of hydrogen-bond acceptors (Lipinski definition) is 1. The van der Waals surface area contributed by atoms with Gasteiger partial charge < -0.3 is 0 Å². The Morgan fingerprint density at radius 3 is 2.38 bits per heavy atom. The molecule has 0 aliphatic rings. The number of nitrogens with zero attached hydrogens (tertiary/aromatic N) is 1. The van der Waals surface area contributed by atoms with Crippen molar-refractivity contribution in [3.05, 3.63) is 42.1 Å². The van der Waals surface area contributed by atoms with Gasteiger partial charge in [-0.15, -0.1) is 48.0 Å². The van der Waals surface area contributed by atoms with Crippen LogP contribution >= 0.6 is 48.0 Å². The zero-order chi connectivity index (χ0) is 7.68. The maximum Gasteiger partial charge on any atom is 0.0705 e. The third-order valence-electron chi connectivity index (χ3n) is 1.74. The van der Waals surface area contributed by atoms with Crippen LogP contribution in [0.3, 0.4) is 0 Å². The highest BCUT2D eigenvalue weighted by molar-refractivity contribution is 14.0. The molecule has 0 aliphatic carbocycles. The van der Waals surface area contributed by atoms with Gasteiger partial charge in [0.15, 0.2) is 0 Å². The van der Waals surface area contributed by atoms with Gasteiger partial charge in [-0.25, -0.2) is 0 Å². The summed E-state index contributed by atoms with van der Waals surface area (Å²) in [5.74, 6) is 0. The standard InChI is InChI=1S/C10H9N.2HI/c1-8-6-7-9-4-2-3-5-10(9)11-8;;/h2-7H,1H3;2*1H. The molecule has 0 saturated carbocycles. The molecule has 1 aromatic carbocycles. The normalized spacial score (nSPS) is 8.69. The Morgan fingerprint density at radius 1 is 0.923 bits per heavy atom. The molecule has 0 amide bonds. The second kappa shape index (κ2) is 5.74. The van der Waals surface area contributed by atoms with Crippen LogP contribution in [0.25, 0.3) is 10.9 Å². The lowest BCUT2D eigenvalue weighted by atomic mass is 10.2. The first-order valence-corrected chi connectivity index (χ1v) is 3.69. The van der Waals surface area contributed by atoms with E-state index in [0.29, 0.717) is 0 Å². The molecule has 2 rings (SSSR count). The van der Waals surface area contributed by atoms with Crippen LogP contribution < -0.4 is 0 Å². The van der Waals surface area contributed by atoms with E-state index < -0.39 is 0 Å². The molecule has 0 N–H and O–H groups in total. The van der Waals surface area contributed by atoms with Crippen molar-refractivity contribution in [3.63, 3.8) is 0 Å². The van der Waals surface area contributed by atoms with Crippen molar-refractivity contribution in [1.82, 2.24) is 4.98 Å². The Morgan fingerprint density at radius 2 is 1.62 bits per heavy atom. The van der Waals surface area contributed by atoms with Crippen LogP contribution in [0, 0.1) is 6.92 Å². The summed E-state index contributed by atoms with van der Waals surface area (Å²) in [6, 6.07) is 12.3. The molecule has 1 aromatic heterocycles. The maximum atomic E-state index is 4.38. The topological polar surface area (TPSA) is 12.9 Å². The predicted molar refractivity (Wildman–Crippen MR) is 77.3 cm³/mol. The summed E-state index contributed by atoms with van der Waals surface area (Å²) in [5, 5.41) is 1.21. The average molecular weight is 399 g/mol. The molecule has 13 heavy (non-hydrogen) atoms. The third-order valence-corrected chi connectivity index (χ3v) is 1.74. The summed E-state index contributed by atoms with van der Waals surface area (Å²) in [5.41, 5.74) is 2.15. The molecule has 0 atom stereocenters. The average Bonchev–Trinajstić information content (AvgIpc) is 2.04. The molecular formula is C10H11I2N. The summed E-state index contributed by atoms with van der Waals surface area (Å²) < 4.78 is 0. The molecule has 0 radical (unpaired) electrons. The Kier molecular flexibility index (Phi) is 5.78. The summed E-state index contributed by atoms with van der Waals surface area (Å²) >= 11 is 0. The van der Waals surface area contributed by atoms with E-state index >= 15 is 0 Å². The Hall–Kier alpha value is 0.0900. The number of aryl methyl sites for hydroxylation is 1. The largest absolute Gasteiger partial charge is 0.253 e. The highest BCUT2D eigenvalue weighted by Crippen LogP contribution is 2.10. The second-order valence-electron chi connectivity index (χ2n) is 2.65. The number of para-hydroxylation sites is 1. The van der Waals surface area contributed by atoms with Crippen molar-refractivity contribution < 1.29 is 0 Å². The lowest BCUT2D eigenvalue weighted by molar-refractivity contribution is 1.26. The van der Waals surface area contributed by atoms with E-state index in [9.17, 15) is 0 Å². The minimum absolute atomic E-state index is 0. The Bertz CT molecular complexity index is 387. The number of halogens is 2. The number of hydrogen-bond donors (Lipinski definition) is 0. The number of benzene rings is 1. The highest BCUT2D eigenvalue weighted by Gasteiger charge is 1.90. The van der Waals surface area contributed by atoms with Gasteiger partial charge in [0.25, 0.3) is 0 Å². The van der Waals surface area contributed by atoms with E-state index in [0.717, 1.165) is 11.2 Å². The van der Waals surface area contributed by atoms with Crippen molar-refractivity contribution >= 4 is 58.9 Å². The molecule has 0 unspecified atom stereocenters. The lowest BCUT2D eigenvalue weighted by Crippen LogP contribution is -1.80. The zero-order valence-electron chi connectivity index (χ0n) is 7.23. The molecule has 0 bridgehead atoms. The minimum Gasteiger partial charge on any atom is -0.253 e. The molecular weight excluding hydrogens is 388 g/mol.